The Bertz CT molecular complexity index is 169. The van der Waals surface area contributed by atoms with Gasteiger partial charge in [-0.15, -0.1) is 0 Å². The van der Waals surface area contributed by atoms with E-state index in [2.05, 4.69) is 0 Å². The lowest BCUT2D eigenvalue weighted by atomic mass is 10.2. The molecule has 1 atom stereocenters. The summed E-state index contributed by atoms with van der Waals surface area (Å²) in [7, 11) is -4.05. The van der Waals surface area contributed by atoms with Gasteiger partial charge in [0.25, 0.3) is 10.1 Å². The maximum atomic E-state index is 10.2. The van der Waals surface area contributed by atoms with Crippen molar-refractivity contribution in [2.24, 2.45) is 5.92 Å². The van der Waals surface area contributed by atoms with E-state index in [9.17, 15) is 13.0 Å². The largest absolute Gasteiger partial charge is 0.297 e. The number of rotatable bonds is 2. The molecule has 9 heavy (non-hydrogen) atoms. The fourth-order valence-corrected chi connectivity index (χ4v) is 1.00. The number of hydrogen-bond donors (Lipinski definition) is 0. The highest BCUT2D eigenvalue weighted by molar-refractivity contribution is 7.86. The standard InChI is InChI=1S/C5H11O3S/c1-4(2)5(3)9(6,7)8/h4-5H,1-3H3. The van der Waals surface area contributed by atoms with Crippen LogP contribution in [-0.4, -0.2) is 13.7 Å². The first kappa shape index (κ1) is 8.91. The molecule has 0 spiro atoms. The zero-order valence-electron chi connectivity index (χ0n) is 5.79. The Morgan fingerprint density at radius 3 is 1.44 bits per heavy atom. The molecule has 0 saturated carbocycles. The maximum Gasteiger partial charge on any atom is 0.297 e. The van der Waals surface area contributed by atoms with E-state index in [1.807, 2.05) is 0 Å². The second kappa shape index (κ2) is 2.66. The van der Waals surface area contributed by atoms with Gasteiger partial charge in [-0.3, -0.25) is 0 Å². The van der Waals surface area contributed by atoms with E-state index in [0.717, 1.165) is 0 Å². The zero-order chi connectivity index (χ0) is 7.65. The summed E-state index contributed by atoms with van der Waals surface area (Å²) in [5, 5.41) is -0.766. The second-order valence-electron chi connectivity index (χ2n) is 2.44. The minimum Gasteiger partial charge on any atom is -0.197 e. The van der Waals surface area contributed by atoms with Crippen molar-refractivity contribution in [3.63, 3.8) is 0 Å². The highest BCUT2D eigenvalue weighted by Gasteiger charge is 2.21. The molecule has 0 amide bonds. The molecule has 0 N–H and O–H groups in total. The molecule has 1 unspecified atom stereocenters. The normalized spacial score (nSPS) is 16.1. The summed E-state index contributed by atoms with van der Waals surface area (Å²) < 4.78 is 30.7. The summed E-state index contributed by atoms with van der Waals surface area (Å²) in [5.41, 5.74) is 0. The van der Waals surface area contributed by atoms with Crippen molar-refractivity contribution in [3.8, 4) is 0 Å². The minimum atomic E-state index is -4.05. The Labute approximate surface area is 55.8 Å². The fraction of sp³-hybridized carbons (Fsp3) is 1.00. The summed E-state index contributed by atoms with van der Waals surface area (Å²) in [6.45, 7) is 4.84. The molecule has 0 aromatic rings. The monoisotopic (exact) mass is 151 g/mol. The van der Waals surface area contributed by atoms with Crippen molar-refractivity contribution in [1.82, 2.24) is 0 Å². The Kier molecular flexibility index (Phi) is 2.64. The van der Waals surface area contributed by atoms with Gasteiger partial charge < -0.3 is 0 Å². The Balaban J connectivity index is 4.24. The van der Waals surface area contributed by atoms with Crippen LogP contribution in [0.1, 0.15) is 20.8 Å². The van der Waals surface area contributed by atoms with Crippen LogP contribution in [0.2, 0.25) is 0 Å². The van der Waals surface area contributed by atoms with Gasteiger partial charge in [-0.2, -0.15) is 8.42 Å². The molecule has 0 bridgehead atoms. The molecule has 0 saturated heterocycles. The first-order valence-electron chi connectivity index (χ1n) is 2.80. The summed E-state index contributed by atoms with van der Waals surface area (Å²) in [6, 6.07) is 0. The molecule has 0 aromatic heterocycles. The van der Waals surface area contributed by atoms with Gasteiger partial charge in [-0.1, -0.05) is 18.4 Å². The van der Waals surface area contributed by atoms with Crippen LogP contribution >= 0.6 is 0 Å². The molecule has 0 aliphatic carbocycles. The van der Waals surface area contributed by atoms with Crippen molar-refractivity contribution >= 4 is 10.1 Å². The van der Waals surface area contributed by atoms with E-state index in [0.29, 0.717) is 0 Å². The third kappa shape index (κ3) is 2.81. The van der Waals surface area contributed by atoms with Gasteiger partial charge in [0.05, 0.1) is 5.25 Å². The molecule has 0 aliphatic rings. The first-order valence-corrected chi connectivity index (χ1v) is 4.27. The maximum absolute atomic E-state index is 10.2. The Morgan fingerprint density at radius 1 is 1.11 bits per heavy atom. The quantitative estimate of drug-likeness (QED) is 0.586. The third-order valence-corrected chi connectivity index (χ3v) is 2.85. The topological polar surface area (TPSA) is 54.0 Å². The first-order chi connectivity index (χ1) is 3.85. The van der Waals surface area contributed by atoms with Crippen LogP contribution in [0.4, 0.5) is 0 Å². The molecule has 0 fully saturated rings. The van der Waals surface area contributed by atoms with Crippen LogP contribution in [0, 0.1) is 5.92 Å². The van der Waals surface area contributed by atoms with E-state index in [1.165, 1.54) is 6.92 Å². The van der Waals surface area contributed by atoms with Crippen molar-refractivity contribution in [2.75, 3.05) is 0 Å². The molecule has 0 rings (SSSR count). The predicted octanol–water partition coefficient (Wildman–Crippen LogP) is 0.791. The summed E-state index contributed by atoms with van der Waals surface area (Å²) in [6.07, 6.45) is 0. The molecule has 3 nitrogen and oxygen atoms in total. The lowest BCUT2D eigenvalue weighted by Crippen LogP contribution is -2.21. The average Bonchev–Trinajstić information content (AvgIpc) is 1.62. The Hall–Kier alpha value is -0.0900. The van der Waals surface area contributed by atoms with Crippen molar-refractivity contribution in [2.45, 2.75) is 26.0 Å². The zero-order valence-corrected chi connectivity index (χ0v) is 6.60. The van der Waals surface area contributed by atoms with Crippen LogP contribution in [-0.2, 0) is 14.7 Å². The second-order valence-corrected chi connectivity index (χ2v) is 4.17. The molecule has 55 valence electrons. The molecule has 4 heteroatoms. The van der Waals surface area contributed by atoms with Gasteiger partial charge in [-0.05, 0) is 12.8 Å². The minimum absolute atomic E-state index is 0.0903. The van der Waals surface area contributed by atoms with E-state index >= 15 is 0 Å². The molecular formula is C5H11O3S. The number of hydrogen-bond acceptors (Lipinski definition) is 2. The predicted molar refractivity (Wildman–Crippen MR) is 33.9 cm³/mol. The van der Waals surface area contributed by atoms with Gasteiger partial charge in [0.15, 0.2) is 0 Å². The van der Waals surface area contributed by atoms with Crippen molar-refractivity contribution in [3.05, 3.63) is 0 Å². The molecule has 0 aromatic carbocycles. The molecule has 0 heterocycles. The molecule has 1 radical (unpaired) electrons. The summed E-state index contributed by atoms with van der Waals surface area (Å²) in [5.74, 6) is -0.0903. The van der Waals surface area contributed by atoms with E-state index in [4.69, 9.17) is 0 Å². The smallest absolute Gasteiger partial charge is 0.197 e. The lowest BCUT2D eigenvalue weighted by Gasteiger charge is -2.08. The van der Waals surface area contributed by atoms with Crippen LogP contribution in [0.3, 0.4) is 0 Å². The third-order valence-electron chi connectivity index (χ3n) is 1.39. The van der Waals surface area contributed by atoms with Gasteiger partial charge in [0.2, 0.25) is 0 Å². The summed E-state index contributed by atoms with van der Waals surface area (Å²) in [4.78, 5) is 0. The molecular weight excluding hydrogens is 140 g/mol. The SMILES string of the molecule is CC(C)C(C)S([O])(=O)=O. The van der Waals surface area contributed by atoms with Crippen LogP contribution in [0.5, 0.6) is 0 Å². The van der Waals surface area contributed by atoms with Gasteiger partial charge in [-0.25, -0.2) is 0 Å². The molecule has 0 aliphatic heterocycles. The highest BCUT2D eigenvalue weighted by Crippen LogP contribution is 2.09. The van der Waals surface area contributed by atoms with Crippen LogP contribution < -0.4 is 0 Å². The Morgan fingerprint density at radius 2 is 1.44 bits per heavy atom. The van der Waals surface area contributed by atoms with Gasteiger partial charge in [0, 0.05) is 0 Å². The van der Waals surface area contributed by atoms with E-state index < -0.39 is 15.4 Å². The van der Waals surface area contributed by atoms with Crippen LogP contribution in [0.25, 0.3) is 0 Å². The van der Waals surface area contributed by atoms with Crippen molar-refractivity contribution in [1.29, 1.82) is 0 Å². The lowest BCUT2D eigenvalue weighted by molar-refractivity contribution is 0.391. The van der Waals surface area contributed by atoms with E-state index in [1.54, 1.807) is 13.8 Å². The van der Waals surface area contributed by atoms with Crippen molar-refractivity contribution < 1.29 is 13.0 Å². The van der Waals surface area contributed by atoms with Crippen LogP contribution in [0.15, 0.2) is 0 Å². The van der Waals surface area contributed by atoms with Gasteiger partial charge in [0.1, 0.15) is 0 Å². The highest BCUT2D eigenvalue weighted by atomic mass is 32.2. The van der Waals surface area contributed by atoms with E-state index in [-0.39, 0.29) is 5.92 Å². The average molecular weight is 151 g/mol. The van der Waals surface area contributed by atoms with Gasteiger partial charge >= 0.3 is 0 Å². The summed E-state index contributed by atoms with van der Waals surface area (Å²) >= 11 is 0. The fourth-order valence-electron chi connectivity index (χ4n) is 0.333.